The maximum atomic E-state index is 3.18. The lowest BCUT2D eigenvalue weighted by Gasteiger charge is -2.16. The molecule has 0 aromatic heterocycles. The fourth-order valence-corrected chi connectivity index (χ4v) is 1.53. The lowest BCUT2D eigenvalue weighted by molar-refractivity contribution is 0.463. The van der Waals surface area contributed by atoms with Gasteiger partial charge in [-0.2, -0.15) is 11.8 Å². The molecule has 2 heteroatoms. The first-order chi connectivity index (χ1) is 5.92. The molecule has 0 spiro atoms. The van der Waals surface area contributed by atoms with Gasteiger partial charge in [0, 0.05) is 16.9 Å². The average Bonchev–Trinajstić information content (AvgIpc) is 1.93. The fourth-order valence-electron chi connectivity index (χ4n) is 0.711. The van der Waals surface area contributed by atoms with Crippen LogP contribution in [0.2, 0.25) is 0 Å². The molecule has 0 heterocycles. The molecule has 0 saturated carbocycles. The molecule has 76 valence electrons. The summed E-state index contributed by atoms with van der Waals surface area (Å²) in [5, 5.41) is 0. The van der Waals surface area contributed by atoms with Crippen LogP contribution in [-0.4, -0.2) is 36.0 Å². The van der Waals surface area contributed by atoms with Crippen molar-refractivity contribution in [3.8, 4) is 11.8 Å². The minimum Gasteiger partial charge on any atom is -0.299 e. The molecule has 13 heavy (non-hydrogen) atoms. The van der Waals surface area contributed by atoms with E-state index in [1.807, 2.05) is 25.9 Å². The maximum Gasteiger partial charge on any atom is 0.0596 e. The van der Waals surface area contributed by atoms with Gasteiger partial charge in [-0.15, -0.1) is 5.92 Å². The first kappa shape index (κ1) is 12.9. The Morgan fingerprint density at radius 3 is 2.23 bits per heavy atom. The Hall–Kier alpha value is -0.130. The van der Waals surface area contributed by atoms with Crippen LogP contribution in [0.4, 0.5) is 0 Å². The van der Waals surface area contributed by atoms with Crippen molar-refractivity contribution in [2.45, 2.75) is 31.9 Å². The summed E-state index contributed by atoms with van der Waals surface area (Å²) in [5.41, 5.74) is 0. The van der Waals surface area contributed by atoms with Crippen molar-refractivity contribution in [3.63, 3.8) is 0 Å². The summed E-state index contributed by atoms with van der Waals surface area (Å²) in [4.78, 5) is 2.09. The van der Waals surface area contributed by atoms with E-state index in [9.17, 15) is 0 Å². The highest BCUT2D eigenvalue weighted by molar-refractivity contribution is 8.00. The summed E-state index contributed by atoms with van der Waals surface area (Å²) in [6.45, 7) is 7.60. The molecule has 0 aliphatic carbocycles. The van der Waals surface area contributed by atoms with E-state index in [1.165, 1.54) is 0 Å². The van der Waals surface area contributed by atoms with Crippen molar-refractivity contribution in [1.82, 2.24) is 4.90 Å². The standard InChI is InChI=1S/C11H21NS/c1-11(2,3)13-10-8-6-7-9-12(4)5/h8-10H2,1-5H3. The van der Waals surface area contributed by atoms with Crippen LogP contribution in [-0.2, 0) is 0 Å². The van der Waals surface area contributed by atoms with Crippen LogP contribution in [0.1, 0.15) is 27.2 Å². The molecule has 0 radical (unpaired) electrons. The van der Waals surface area contributed by atoms with Gasteiger partial charge in [0.2, 0.25) is 0 Å². The van der Waals surface area contributed by atoms with Crippen LogP contribution in [0.25, 0.3) is 0 Å². The number of hydrogen-bond donors (Lipinski definition) is 0. The smallest absolute Gasteiger partial charge is 0.0596 e. The highest BCUT2D eigenvalue weighted by Crippen LogP contribution is 2.23. The van der Waals surface area contributed by atoms with Gasteiger partial charge in [-0.05, 0) is 14.1 Å². The number of thioether (sulfide) groups is 1. The van der Waals surface area contributed by atoms with Crippen molar-refractivity contribution >= 4 is 11.8 Å². The molecule has 0 amide bonds. The molecule has 1 nitrogen and oxygen atoms in total. The third-order valence-electron chi connectivity index (χ3n) is 1.28. The van der Waals surface area contributed by atoms with Gasteiger partial charge in [0.15, 0.2) is 0 Å². The number of nitrogens with zero attached hydrogens (tertiary/aromatic N) is 1. The molecular formula is C11H21NS. The zero-order valence-electron chi connectivity index (χ0n) is 9.48. The summed E-state index contributed by atoms with van der Waals surface area (Å²) in [6.07, 6.45) is 1.01. The van der Waals surface area contributed by atoms with E-state index in [2.05, 4.69) is 37.5 Å². The number of rotatable bonds is 3. The van der Waals surface area contributed by atoms with Crippen molar-refractivity contribution in [3.05, 3.63) is 0 Å². The lowest BCUT2D eigenvalue weighted by atomic mass is 10.3. The zero-order chi connectivity index (χ0) is 10.3. The average molecular weight is 199 g/mol. The second-order valence-corrected chi connectivity index (χ2v) is 6.22. The molecule has 0 unspecified atom stereocenters. The SMILES string of the molecule is CN(C)CC#CCCSC(C)(C)C. The molecular weight excluding hydrogens is 178 g/mol. The first-order valence-corrected chi connectivity index (χ1v) is 5.65. The van der Waals surface area contributed by atoms with E-state index in [4.69, 9.17) is 0 Å². The molecule has 0 atom stereocenters. The summed E-state index contributed by atoms with van der Waals surface area (Å²) in [7, 11) is 4.08. The van der Waals surface area contributed by atoms with Crippen LogP contribution in [0.15, 0.2) is 0 Å². The van der Waals surface area contributed by atoms with E-state index >= 15 is 0 Å². The van der Waals surface area contributed by atoms with Gasteiger partial charge in [-0.1, -0.05) is 26.7 Å². The van der Waals surface area contributed by atoms with E-state index in [-0.39, 0.29) is 0 Å². The van der Waals surface area contributed by atoms with Crippen molar-refractivity contribution < 1.29 is 0 Å². The Bertz CT molecular complexity index is 180. The summed E-state index contributed by atoms with van der Waals surface area (Å²) in [6, 6.07) is 0. The van der Waals surface area contributed by atoms with Gasteiger partial charge in [0.05, 0.1) is 6.54 Å². The molecule has 0 saturated heterocycles. The quantitative estimate of drug-likeness (QED) is 0.507. The minimum atomic E-state index is 0.378. The lowest BCUT2D eigenvalue weighted by Crippen LogP contribution is -2.11. The van der Waals surface area contributed by atoms with Crippen LogP contribution in [0.5, 0.6) is 0 Å². The Morgan fingerprint density at radius 1 is 1.15 bits per heavy atom. The predicted octanol–water partition coefficient (Wildman–Crippen LogP) is 2.47. The van der Waals surface area contributed by atoms with Gasteiger partial charge in [0.1, 0.15) is 0 Å². The molecule has 0 N–H and O–H groups in total. The Kier molecular flexibility index (Phi) is 6.28. The van der Waals surface area contributed by atoms with Crippen molar-refractivity contribution in [1.29, 1.82) is 0 Å². The van der Waals surface area contributed by atoms with Gasteiger partial charge >= 0.3 is 0 Å². The van der Waals surface area contributed by atoms with Gasteiger partial charge in [0.25, 0.3) is 0 Å². The van der Waals surface area contributed by atoms with Gasteiger partial charge in [-0.25, -0.2) is 0 Å². The van der Waals surface area contributed by atoms with Crippen LogP contribution in [0, 0.1) is 11.8 Å². The molecule has 0 fully saturated rings. The van der Waals surface area contributed by atoms with Crippen LogP contribution >= 0.6 is 11.8 Å². The third kappa shape index (κ3) is 11.9. The second kappa shape index (κ2) is 6.34. The van der Waals surface area contributed by atoms with E-state index < -0.39 is 0 Å². The highest BCUT2D eigenvalue weighted by atomic mass is 32.2. The molecule has 0 rings (SSSR count). The summed E-state index contributed by atoms with van der Waals surface area (Å²) < 4.78 is 0.378. The fraction of sp³-hybridized carbons (Fsp3) is 0.818. The minimum absolute atomic E-state index is 0.378. The molecule has 0 aromatic rings. The third-order valence-corrected chi connectivity index (χ3v) is 2.56. The zero-order valence-corrected chi connectivity index (χ0v) is 10.3. The highest BCUT2D eigenvalue weighted by Gasteiger charge is 2.08. The normalized spacial score (nSPS) is 11.2. The number of hydrogen-bond acceptors (Lipinski definition) is 2. The van der Waals surface area contributed by atoms with Crippen LogP contribution < -0.4 is 0 Å². The second-order valence-electron chi connectivity index (χ2n) is 4.30. The van der Waals surface area contributed by atoms with E-state index in [1.54, 1.807) is 0 Å². The topological polar surface area (TPSA) is 3.24 Å². The van der Waals surface area contributed by atoms with Gasteiger partial charge in [-0.3, -0.25) is 4.90 Å². The predicted molar refractivity (Wildman–Crippen MR) is 63.2 cm³/mol. The summed E-state index contributed by atoms with van der Waals surface area (Å²) in [5.74, 6) is 7.45. The van der Waals surface area contributed by atoms with E-state index in [0.717, 1.165) is 18.7 Å². The Balaban J connectivity index is 3.39. The monoisotopic (exact) mass is 199 g/mol. The van der Waals surface area contributed by atoms with Crippen LogP contribution in [0.3, 0.4) is 0 Å². The maximum absolute atomic E-state index is 3.18. The Labute approximate surface area is 87.3 Å². The molecule has 0 aromatic carbocycles. The molecule has 0 aliphatic heterocycles. The Morgan fingerprint density at radius 2 is 1.77 bits per heavy atom. The molecule has 0 aliphatic rings. The van der Waals surface area contributed by atoms with E-state index in [0.29, 0.717) is 4.75 Å². The largest absolute Gasteiger partial charge is 0.299 e. The van der Waals surface area contributed by atoms with Gasteiger partial charge < -0.3 is 0 Å². The first-order valence-electron chi connectivity index (χ1n) is 4.66. The molecule has 0 bridgehead atoms. The van der Waals surface area contributed by atoms with Crippen molar-refractivity contribution in [2.24, 2.45) is 0 Å². The summed E-state index contributed by atoms with van der Waals surface area (Å²) >= 11 is 1.98. The van der Waals surface area contributed by atoms with Crippen molar-refractivity contribution in [2.75, 3.05) is 26.4 Å².